The second kappa shape index (κ2) is 5.51. The molecule has 82 valence electrons. The van der Waals surface area contributed by atoms with E-state index in [2.05, 4.69) is 36.6 Å². The van der Waals surface area contributed by atoms with E-state index in [1.165, 1.54) is 7.11 Å². The van der Waals surface area contributed by atoms with Gasteiger partial charge in [-0.2, -0.15) is 0 Å². The molecule has 15 heavy (non-hydrogen) atoms. The highest BCUT2D eigenvalue weighted by Gasteiger charge is 2.15. The molecule has 0 unspecified atom stereocenters. The van der Waals surface area contributed by atoms with Gasteiger partial charge in [-0.3, -0.25) is 0 Å². The highest BCUT2D eigenvalue weighted by Crippen LogP contribution is 2.28. The third kappa shape index (κ3) is 3.50. The number of hydrogen-bond acceptors (Lipinski definition) is 3. The van der Waals surface area contributed by atoms with Crippen molar-refractivity contribution >= 4 is 37.8 Å². The van der Waals surface area contributed by atoms with Gasteiger partial charge in [-0.05, 0) is 41.1 Å². The van der Waals surface area contributed by atoms with Gasteiger partial charge in [0.25, 0.3) is 0 Å². The summed E-state index contributed by atoms with van der Waals surface area (Å²) in [5, 5.41) is 0. The summed E-state index contributed by atoms with van der Waals surface area (Å²) in [4.78, 5) is 11.1. The molecule has 1 aromatic carbocycles. The Morgan fingerprint density at radius 3 is 2.60 bits per heavy atom. The molecule has 0 saturated carbocycles. The quantitative estimate of drug-likeness (QED) is 0.795. The molecule has 0 fully saturated rings. The van der Waals surface area contributed by atoms with Crippen LogP contribution in [0.5, 0.6) is 5.75 Å². The van der Waals surface area contributed by atoms with Gasteiger partial charge in [0.05, 0.1) is 11.6 Å². The molecule has 1 atom stereocenters. The van der Waals surface area contributed by atoms with E-state index in [0.717, 1.165) is 8.95 Å². The Bertz CT molecular complexity index is 366. The molecular formula is C10H10Br2O3. The Morgan fingerprint density at radius 1 is 1.40 bits per heavy atom. The first-order chi connectivity index (χ1) is 7.04. The van der Waals surface area contributed by atoms with Crippen molar-refractivity contribution in [3.63, 3.8) is 0 Å². The summed E-state index contributed by atoms with van der Waals surface area (Å²) < 4.78 is 11.7. The number of carbonyl (C=O) groups excluding carboxylic acids is 1. The van der Waals surface area contributed by atoms with Gasteiger partial charge in [-0.25, -0.2) is 4.79 Å². The number of rotatable bonds is 3. The molecule has 1 aromatic rings. The van der Waals surface area contributed by atoms with Crippen molar-refractivity contribution < 1.29 is 14.3 Å². The van der Waals surface area contributed by atoms with Gasteiger partial charge >= 0.3 is 5.97 Å². The van der Waals surface area contributed by atoms with E-state index in [9.17, 15) is 4.79 Å². The van der Waals surface area contributed by atoms with E-state index in [1.807, 2.05) is 12.1 Å². The second-order valence-corrected chi connectivity index (χ2v) is 4.63. The third-order valence-corrected chi connectivity index (χ3v) is 2.84. The number of esters is 1. The molecule has 0 spiro atoms. The summed E-state index contributed by atoms with van der Waals surface area (Å²) in [6.07, 6.45) is -0.618. The van der Waals surface area contributed by atoms with Crippen molar-refractivity contribution in [1.29, 1.82) is 0 Å². The van der Waals surface area contributed by atoms with Crippen LogP contribution in [0.2, 0.25) is 0 Å². The topological polar surface area (TPSA) is 35.5 Å². The number of methoxy groups -OCH3 is 1. The maximum atomic E-state index is 11.1. The Hall–Kier alpha value is -0.550. The van der Waals surface area contributed by atoms with Crippen molar-refractivity contribution in [3.05, 3.63) is 27.1 Å². The zero-order valence-electron chi connectivity index (χ0n) is 8.29. The Kier molecular flexibility index (Phi) is 4.60. The molecule has 0 bridgehead atoms. The smallest absolute Gasteiger partial charge is 0.346 e. The standard InChI is InChI=1S/C10H10Br2O3/c1-6(10(13)14-2)15-9-4-3-7(11)5-8(9)12/h3-6H,1-2H3/t6-/m1/s1. The number of ether oxygens (including phenoxy) is 2. The second-order valence-electron chi connectivity index (χ2n) is 2.86. The van der Waals surface area contributed by atoms with E-state index in [1.54, 1.807) is 13.0 Å². The lowest BCUT2D eigenvalue weighted by Crippen LogP contribution is -2.25. The van der Waals surface area contributed by atoms with Gasteiger partial charge in [-0.1, -0.05) is 15.9 Å². The molecule has 0 aromatic heterocycles. The molecule has 0 N–H and O–H groups in total. The minimum absolute atomic E-state index is 0.398. The minimum atomic E-state index is -0.618. The molecule has 5 heteroatoms. The monoisotopic (exact) mass is 336 g/mol. The predicted molar refractivity (Wildman–Crippen MR) is 63.9 cm³/mol. The average Bonchev–Trinajstić information content (AvgIpc) is 2.20. The van der Waals surface area contributed by atoms with Crippen molar-refractivity contribution in [1.82, 2.24) is 0 Å². The highest BCUT2D eigenvalue weighted by atomic mass is 79.9. The fourth-order valence-corrected chi connectivity index (χ4v) is 2.12. The van der Waals surface area contributed by atoms with Gasteiger partial charge in [0.2, 0.25) is 0 Å². The molecule has 0 aliphatic carbocycles. The summed E-state index contributed by atoms with van der Waals surface area (Å²) in [7, 11) is 1.33. The molecule has 3 nitrogen and oxygen atoms in total. The lowest BCUT2D eigenvalue weighted by atomic mass is 10.3. The fraction of sp³-hybridized carbons (Fsp3) is 0.300. The van der Waals surface area contributed by atoms with Crippen LogP contribution in [0, 0.1) is 0 Å². The normalized spacial score (nSPS) is 12.0. The molecular weight excluding hydrogens is 328 g/mol. The largest absolute Gasteiger partial charge is 0.478 e. The molecule has 0 heterocycles. The predicted octanol–water partition coefficient (Wildman–Crippen LogP) is 3.15. The van der Waals surface area contributed by atoms with E-state index in [0.29, 0.717) is 5.75 Å². The molecule has 0 aliphatic heterocycles. The van der Waals surface area contributed by atoms with Crippen LogP contribution in [0.25, 0.3) is 0 Å². The first kappa shape index (κ1) is 12.5. The first-order valence-corrected chi connectivity index (χ1v) is 5.82. The van der Waals surface area contributed by atoms with Gasteiger partial charge < -0.3 is 9.47 Å². The van der Waals surface area contributed by atoms with Crippen LogP contribution in [0.1, 0.15) is 6.92 Å². The van der Waals surface area contributed by atoms with Crippen LogP contribution in [0.15, 0.2) is 27.1 Å². The van der Waals surface area contributed by atoms with Crippen LogP contribution in [0.4, 0.5) is 0 Å². The van der Waals surface area contributed by atoms with Gasteiger partial charge in [-0.15, -0.1) is 0 Å². The number of carbonyl (C=O) groups is 1. The van der Waals surface area contributed by atoms with Gasteiger partial charge in [0.15, 0.2) is 6.10 Å². The number of halogens is 2. The Balaban J connectivity index is 2.76. The third-order valence-electron chi connectivity index (χ3n) is 1.73. The van der Waals surface area contributed by atoms with Crippen LogP contribution < -0.4 is 4.74 Å². The van der Waals surface area contributed by atoms with Crippen molar-refractivity contribution in [2.24, 2.45) is 0 Å². The zero-order chi connectivity index (χ0) is 11.4. The molecule has 0 amide bonds. The molecule has 0 radical (unpaired) electrons. The summed E-state index contributed by atoms with van der Waals surface area (Å²) >= 11 is 6.67. The van der Waals surface area contributed by atoms with E-state index >= 15 is 0 Å². The van der Waals surface area contributed by atoms with E-state index < -0.39 is 12.1 Å². The molecule has 0 saturated heterocycles. The van der Waals surface area contributed by atoms with Crippen molar-refractivity contribution in [3.8, 4) is 5.75 Å². The van der Waals surface area contributed by atoms with Crippen LogP contribution >= 0.6 is 31.9 Å². The first-order valence-electron chi connectivity index (χ1n) is 4.24. The lowest BCUT2D eigenvalue weighted by molar-refractivity contribution is -0.147. The Morgan fingerprint density at radius 2 is 2.07 bits per heavy atom. The zero-order valence-corrected chi connectivity index (χ0v) is 11.5. The van der Waals surface area contributed by atoms with E-state index in [-0.39, 0.29) is 0 Å². The number of hydrogen-bond donors (Lipinski definition) is 0. The highest BCUT2D eigenvalue weighted by molar-refractivity contribution is 9.11. The summed E-state index contributed by atoms with van der Waals surface area (Å²) in [5.41, 5.74) is 0. The minimum Gasteiger partial charge on any atom is -0.478 e. The molecule has 1 rings (SSSR count). The van der Waals surface area contributed by atoms with Crippen molar-refractivity contribution in [2.75, 3.05) is 7.11 Å². The summed E-state index contributed by atoms with van der Waals surface area (Å²) in [5.74, 6) is 0.209. The van der Waals surface area contributed by atoms with E-state index in [4.69, 9.17) is 4.74 Å². The summed E-state index contributed by atoms with van der Waals surface area (Å²) in [6, 6.07) is 5.46. The van der Waals surface area contributed by atoms with Crippen molar-refractivity contribution in [2.45, 2.75) is 13.0 Å². The maximum Gasteiger partial charge on any atom is 0.346 e. The van der Waals surface area contributed by atoms with Gasteiger partial charge in [0, 0.05) is 4.47 Å². The fourth-order valence-electron chi connectivity index (χ4n) is 0.975. The van der Waals surface area contributed by atoms with Crippen LogP contribution in [0.3, 0.4) is 0 Å². The van der Waals surface area contributed by atoms with Crippen LogP contribution in [-0.4, -0.2) is 19.2 Å². The number of benzene rings is 1. The lowest BCUT2D eigenvalue weighted by Gasteiger charge is -2.13. The molecule has 0 aliphatic rings. The van der Waals surface area contributed by atoms with Crippen LogP contribution in [-0.2, 0) is 9.53 Å². The maximum absolute atomic E-state index is 11.1. The summed E-state index contributed by atoms with van der Waals surface area (Å²) in [6.45, 7) is 1.64. The SMILES string of the molecule is COC(=O)[C@@H](C)Oc1ccc(Br)cc1Br. The van der Waals surface area contributed by atoms with Gasteiger partial charge in [0.1, 0.15) is 5.75 Å². The Labute approximate surface area is 105 Å². The average molecular weight is 338 g/mol.